The molecule has 1 amide bonds. The quantitative estimate of drug-likeness (QED) is 0.683. The van der Waals surface area contributed by atoms with Crippen LogP contribution >= 0.6 is 0 Å². The minimum absolute atomic E-state index is 0.120. The fourth-order valence-electron chi connectivity index (χ4n) is 1.15. The Balaban J connectivity index is 3.90. The van der Waals surface area contributed by atoms with Crippen molar-refractivity contribution in [3.8, 4) is 6.07 Å². The first-order chi connectivity index (χ1) is 6.47. The van der Waals surface area contributed by atoms with Crippen molar-refractivity contribution in [1.82, 2.24) is 5.32 Å². The Hall–Kier alpha value is -1.08. The maximum Gasteiger partial charge on any atom is 0.237 e. The first kappa shape index (κ1) is 12.9. The Kier molecular flexibility index (Phi) is 5.89. The van der Waals surface area contributed by atoms with E-state index in [0.29, 0.717) is 18.8 Å². The molecule has 0 radical (unpaired) electrons. The van der Waals surface area contributed by atoms with E-state index in [0.717, 1.165) is 0 Å². The largest absolute Gasteiger partial charge is 0.351 e. The first-order valence-electron chi connectivity index (χ1n) is 4.90. The predicted octanol–water partition coefficient (Wildman–Crippen LogP) is 0.778. The van der Waals surface area contributed by atoms with E-state index in [1.54, 1.807) is 6.92 Å². The van der Waals surface area contributed by atoms with E-state index >= 15 is 0 Å². The summed E-state index contributed by atoms with van der Waals surface area (Å²) in [5, 5.41) is 11.1. The molecule has 14 heavy (non-hydrogen) atoms. The molecule has 0 heterocycles. The molecule has 0 bridgehead atoms. The molecule has 0 rings (SSSR count). The second-order valence-corrected chi connectivity index (χ2v) is 4.01. The Morgan fingerprint density at radius 1 is 1.50 bits per heavy atom. The summed E-state index contributed by atoms with van der Waals surface area (Å²) in [6.07, 6.45) is 0.991. The second-order valence-electron chi connectivity index (χ2n) is 4.01. The Bertz CT molecular complexity index is 220. The van der Waals surface area contributed by atoms with Crippen LogP contribution in [-0.4, -0.2) is 18.0 Å². The van der Waals surface area contributed by atoms with Crippen molar-refractivity contribution in [2.45, 2.75) is 45.7 Å². The van der Waals surface area contributed by atoms with Crippen LogP contribution in [-0.2, 0) is 4.79 Å². The zero-order valence-corrected chi connectivity index (χ0v) is 9.08. The molecule has 3 N–H and O–H groups in total. The third-order valence-corrected chi connectivity index (χ3v) is 1.85. The van der Waals surface area contributed by atoms with Gasteiger partial charge in [-0.1, -0.05) is 13.8 Å². The summed E-state index contributed by atoms with van der Waals surface area (Å²) in [5.41, 5.74) is 5.67. The van der Waals surface area contributed by atoms with Gasteiger partial charge in [0.1, 0.15) is 0 Å². The molecular weight excluding hydrogens is 178 g/mol. The predicted molar refractivity (Wildman–Crippen MR) is 55.3 cm³/mol. The maximum absolute atomic E-state index is 11.4. The minimum atomic E-state index is -0.462. The number of nitriles is 1. The van der Waals surface area contributed by atoms with Gasteiger partial charge in [0.05, 0.1) is 18.5 Å². The molecule has 0 saturated carbocycles. The van der Waals surface area contributed by atoms with Crippen molar-refractivity contribution in [1.29, 1.82) is 5.26 Å². The van der Waals surface area contributed by atoms with Crippen molar-refractivity contribution in [3.63, 3.8) is 0 Å². The lowest BCUT2D eigenvalue weighted by Crippen LogP contribution is -2.44. The van der Waals surface area contributed by atoms with Crippen LogP contribution in [0.1, 0.15) is 33.6 Å². The molecule has 4 nitrogen and oxygen atoms in total. The average Bonchev–Trinajstić information content (AvgIpc) is 2.02. The summed E-state index contributed by atoms with van der Waals surface area (Å²) in [6, 6.07) is 1.42. The lowest BCUT2D eigenvalue weighted by atomic mass is 10.0. The van der Waals surface area contributed by atoms with Crippen LogP contribution in [0.5, 0.6) is 0 Å². The summed E-state index contributed by atoms with van der Waals surface area (Å²) in [7, 11) is 0. The van der Waals surface area contributed by atoms with Crippen molar-refractivity contribution in [3.05, 3.63) is 0 Å². The Morgan fingerprint density at radius 3 is 2.50 bits per heavy atom. The van der Waals surface area contributed by atoms with Gasteiger partial charge in [-0.15, -0.1) is 0 Å². The van der Waals surface area contributed by atoms with Crippen LogP contribution in [0, 0.1) is 17.2 Å². The number of hydrogen-bond donors (Lipinski definition) is 2. The highest BCUT2D eigenvalue weighted by molar-refractivity contribution is 5.81. The number of carbonyl (C=O) groups excluding carboxylic acids is 1. The van der Waals surface area contributed by atoms with E-state index in [1.165, 1.54) is 0 Å². The van der Waals surface area contributed by atoms with Crippen molar-refractivity contribution in [2.24, 2.45) is 11.7 Å². The summed E-state index contributed by atoms with van der Waals surface area (Å²) < 4.78 is 0. The van der Waals surface area contributed by atoms with Gasteiger partial charge < -0.3 is 11.1 Å². The van der Waals surface area contributed by atoms with Crippen LogP contribution in [0.3, 0.4) is 0 Å². The Labute approximate surface area is 85.5 Å². The van der Waals surface area contributed by atoms with E-state index < -0.39 is 6.04 Å². The molecule has 0 aromatic carbocycles. The van der Waals surface area contributed by atoms with Crippen molar-refractivity contribution >= 4 is 5.91 Å². The number of amides is 1. The molecule has 0 spiro atoms. The Morgan fingerprint density at radius 2 is 2.07 bits per heavy atom. The van der Waals surface area contributed by atoms with Crippen LogP contribution < -0.4 is 11.1 Å². The molecule has 2 atom stereocenters. The molecule has 0 fully saturated rings. The highest BCUT2D eigenvalue weighted by Crippen LogP contribution is 2.03. The number of nitrogens with two attached hydrogens (primary N) is 1. The molecule has 0 aromatic heterocycles. The molecule has 80 valence electrons. The lowest BCUT2D eigenvalue weighted by Gasteiger charge is -2.16. The smallest absolute Gasteiger partial charge is 0.237 e. The summed E-state index contributed by atoms with van der Waals surface area (Å²) in [6.45, 7) is 5.83. The topological polar surface area (TPSA) is 78.9 Å². The number of carbonyl (C=O) groups is 1. The summed E-state index contributed by atoms with van der Waals surface area (Å²) >= 11 is 0. The molecule has 0 aliphatic heterocycles. The third kappa shape index (κ3) is 5.55. The normalized spacial score (nSPS) is 14.6. The van der Waals surface area contributed by atoms with Gasteiger partial charge >= 0.3 is 0 Å². The highest BCUT2D eigenvalue weighted by atomic mass is 16.2. The zero-order chi connectivity index (χ0) is 11.1. The van der Waals surface area contributed by atoms with E-state index in [4.69, 9.17) is 11.0 Å². The molecular formula is C10H19N3O. The van der Waals surface area contributed by atoms with Crippen LogP contribution in [0.2, 0.25) is 0 Å². The number of hydrogen-bond acceptors (Lipinski definition) is 3. The second kappa shape index (κ2) is 6.39. The van der Waals surface area contributed by atoms with Crippen molar-refractivity contribution in [2.75, 3.05) is 0 Å². The highest BCUT2D eigenvalue weighted by Gasteiger charge is 2.16. The van der Waals surface area contributed by atoms with E-state index in [9.17, 15) is 4.79 Å². The number of nitrogens with one attached hydrogen (secondary N) is 1. The fraction of sp³-hybridized carbons (Fsp3) is 0.800. The monoisotopic (exact) mass is 197 g/mol. The third-order valence-electron chi connectivity index (χ3n) is 1.85. The first-order valence-corrected chi connectivity index (χ1v) is 4.90. The van der Waals surface area contributed by atoms with E-state index in [2.05, 4.69) is 5.32 Å². The average molecular weight is 197 g/mol. The van der Waals surface area contributed by atoms with Gasteiger partial charge in [-0.3, -0.25) is 4.79 Å². The van der Waals surface area contributed by atoms with Crippen LogP contribution in [0.25, 0.3) is 0 Å². The SMILES string of the molecule is CC(C)C[C@@H](N)C(=O)NC(C)CC#N. The van der Waals surface area contributed by atoms with Crippen LogP contribution in [0.4, 0.5) is 0 Å². The zero-order valence-electron chi connectivity index (χ0n) is 9.08. The number of rotatable bonds is 5. The van der Waals surface area contributed by atoms with Crippen LogP contribution in [0.15, 0.2) is 0 Å². The van der Waals surface area contributed by atoms with E-state index in [-0.39, 0.29) is 11.9 Å². The van der Waals surface area contributed by atoms with Gasteiger partial charge in [0.15, 0.2) is 0 Å². The maximum atomic E-state index is 11.4. The molecule has 0 aliphatic carbocycles. The molecule has 4 heteroatoms. The van der Waals surface area contributed by atoms with Gasteiger partial charge in [-0.25, -0.2) is 0 Å². The summed E-state index contributed by atoms with van der Waals surface area (Å²) in [5.74, 6) is 0.239. The minimum Gasteiger partial charge on any atom is -0.351 e. The van der Waals surface area contributed by atoms with Gasteiger partial charge in [0, 0.05) is 6.04 Å². The van der Waals surface area contributed by atoms with Gasteiger partial charge in [0.2, 0.25) is 5.91 Å². The molecule has 0 saturated heterocycles. The standard InChI is InChI=1S/C10H19N3O/c1-7(2)6-9(12)10(14)13-8(3)4-5-11/h7-9H,4,6,12H2,1-3H3,(H,13,14)/t8?,9-/m1/s1. The molecule has 1 unspecified atom stereocenters. The molecule has 0 aromatic rings. The van der Waals surface area contributed by atoms with Gasteiger partial charge in [-0.05, 0) is 19.3 Å². The van der Waals surface area contributed by atoms with Gasteiger partial charge in [0.25, 0.3) is 0 Å². The fourth-order valence-corrected chi connectivity index (χ4v) is 1.15. The molecule has 0 aliphatic rings. The van der Waals surface area contributed by atoms with Gasteiger partial charge in [-0.2, -0.15) is 5.26 Å². The number of nitrogens with zero attached hydrogens (tertiary/aromatic N) is 1. The lowest BCUT2D eigenvalue weighted by molar-refractivity contribution is -0.123. The van der Waals surface area contributed by atoms with E-state index in [1.807, 2.05) is 19.9 Å². The van der Waals surface area contributed by atoms with Crippen molar-refractivity contribution < 1.29 is 4.79 Å². The summed E-state index contributed by atoms with van der Waals surface area (Å²) in [4.78, 5) is 11.4.